The van der Waals surface area contributed by atoms with Crippen molar-refractivity contribution in [1.82, 2.24) is 0 Å². The van der Waals surface area contributed by atoms with Crippen LogP contribution in [0.2, 0.25) is 5.02 Å². The van der Waals surface area contributed by atoms with Gasteiger partial charge in [0.05, 0.1) is 0 Å². The van der Waals surface area contributed by atoms with Gasteiger partial charge in [-0.3, -0.25) is 0 Å². The molecule has 2 nitrogen and oxygen atoms in total. The second-order valence-corrected chi connectivity index (χ2v) is 3.52. The van der Waals surface area contributed by atoms with Crippen molar-refractivity contribution in [2.45, 2.75) is 0 Å². The van der Waals surface area contributed by atoms with Crippen LogP contribution >= 0.6 is 11.6 Å². The van der Waals surface area contributed by atoms with Gasteiger partial charge >= 0.3 is 84.2 Å². The molecule has 2 radical (unpaired) electrons. The van der Waals surface area contributed by atoms with E-state index in [0.29, 0.717) is 10.6 Å². The number of methoxy groups -OCH3 is 1. The molecule has 1 rings (SSSR count). The number of halogens is 1. The van der Waals surface area contributed by atoms with E-state index >= 15 is 0 Å². The molecule has 62 valence electrons. The standard InChI is InChI=1S/C8H6AsClO2/c1-12-8(11)5-3-2-4-6(9)7(5)10/h2-4H,1H3. The Balaban J connectivity index is 3.16. The zero-order valence-electron chi connectivity index (χ0n) is 6.37. The van der Waals surface area contributed by atoms with Crippen LogP contribution in [0.25, 0.3) is 0 Å². The Morgan fingerprint density at radius 1 is 1.58 bits per heavy atom. The Labute approximate surface area is 84.4 Å². The number of hydrogen-bond donors (Lipinski definition) is 0. The average Bonchev–Trinajstić information content (AvgIpc) is 2.08. The monoisotopic (exact) mass is 244 g/mol. The van der Waals surface area contributed by atoms with E-state index in [1.165, 1.54) is 7.11 Å². The maximum atomic E-state index is 11.1. The van der Waals surface area contributed by atoms with Gasteiger partial charge in [0.25, 0.3) is 0 Å². The van der Waals surface area contributed by atoms with Gasteiger partial charge < -0.3 is 0 Å². The van der Waals surface area contributed by atoms with Crippen LogP contribution in [0, 0.1) is 0 Å². The molecule has 0 aliphatic rings. The van der Waals surface area contributed by atoms with Crippen LogP contribution in [-0.4, -0.2) is 29.9 Å². The van der Waals surface area contributed by atoms with Crippen molar-refractivity contribution in [2.75, 3.05) is 7.11 Å². The van der Waals surface area contributed by atoms with Gasteiger partial charge in [-0.25, -0.2) is 0 Å². The van der Waals surface area contributed by atoms with E-state index in [-0.39, 0.29) is 0 Å². The van der Waals surface area contributed by atoms with Gasteiger partial charge in [0.2, 0.25) is 0 Å². The molecule has 1 aromatic carbocycles. The summed E-state index contributed by atoms with van der Waals surface area (Å²) < 4.78 is 5.35. The first-order chi connectivity index (χ1) is 5.66. The van der Waals surface area contributed by atoms with Crippen molar-refractivity contribution < 1.29 is 9.53 Å². The van der Waals surface area contributed by atoms with Gasteiger partial charge in [0.15, 0.2) is 0 Å². The van der Waals surface area contributed by atoms with E-state index in [1.807, 2.05) is 6.07 Å². The van der Waals surface area contributed by atoms with E-state index in [1.54, 1.807) is 12.1 Å². The van der Waals surface area contributed by atoms with Crippen LogP contribution in [0.4, 0.5) is 0 Å². The van der Waals surface area contributed by atoms with Crippen LogP contribution in [0.15, 0.2) is 18.2 Å². The molecule has 0 spiro atoms. The first-order valence-electron chi connectivity index (χ1n) is 3.22. The number of rotatable bonds is 1. The summed E-state index contributed by atoms with van der Waals surface area (Å²) in [6, 6.07) is 5.20. The van der Waals surface area contributed by atoms with Crippen LogP contribution in [0.1, 0.15) is 10.4 Å². The van der Waals surface area contributed by atoms with Crippen molar-refractivity contribution in [3.05, 3.63) is 28.8 Å². The molecule has 0 fully saturated rings. The molecule has 0 aliphatic heterocycles. The fourth-order valence-electron chi connectivity index (χ4n) is 0.787. The number of ether oxygens (including phenoxy) is 1. The number of carbonyl (C=O) groups is 1. The van der Waals surface area contributed by atoms with E-state index < -0.39 is 5.97 Å². The second-order valence-electron chi connectivity index (χ2n) is 2.13. The summed E-state index contributed by atoms with van der Waals surface area (Å²) >= 11 is 8.15. The third-order valence-corrected chi connectivity index (χ3v) is 2.86. The van der Waals surface area contributed by atoms with E-state index in [0.717, 1.165) is 4.35 Å². The molecule has 0 aromatic heterocycles. The van der Waals surface area contributed by atoms with E-state index in [4.69, 9.17) is 11.6 Å². The molecule has 0 saturated heterocycles. The molecule has 0 heterocycles. The van der Waals surface area contributed by atoms with Gasteiger partial charge in [0, 0.05) is 0 Å². The van der Waals surface area contributed by atoms with Crippen molar-refractivity contribution >= 4 is 38.8 Å². The van der Waals surface area contributed by atoms with Crippen LogP contribution in [0.5, 0.6) is 0 Å². The Morgan fingerprint density at radius 3 is 2.83 bits per heavy atom. The van der Waals surface area contributed by atoms with Crippen molar-refractivity contribution in [3.8, 4) is 0 Å². The summed E-state index contributed by atoms with van der Waals surface area (Å²) in [6.45, 7) is 0. The molecule has 4 heteroatoms. The molecule has 0 unspecified atom stereocenters. The van der Waals surface area contributed by atoms with Gasteiger partial charge in [-0.15, -0.1) is 0 Å². The molecule has 0 aliphatic carbocycles. The normalized spacial score (nSPS) is 9.58. The van der Waals surface area contributed by atoms with Gasteiger partial charge in [-0.2, -0.15) is 0 Å². The Morgan fingerprint density at radius 2 is 2.25 bits per heavy atom. The Kier molecular flexibility index (Phi) is 3.19. The summed E-state index contributed by atoms with van der Waals surface area (Å²) in [6.07, 6.45) is 0. The molecule has 0 N–H and O–H groups in total. The van der Waals surface area contributed by atoms with Gasteiger partial charge in [-0.1, -0.05) is 0 Å². The molecule has 0 bridgehead atoms. The predicted molar refractivity (Wildman–Crippen MR) is 48.2 cm³/mol. The summed E-state index contributed by atoms with van der Waals surface area (Å²) in [5.41, 5.74) is 0.400. The molecular weight excluding hydrogens is 238 g/mol. The van der Waals surface area contributed by atoms with Crippen molar-refractivity contribution in [1.29, 1.82) is 0 Å². The molecule has 0 atom stereocenters. The summed E-state index contributed by atoms with van der Waals surface area (Å²) in [5.74, 6) is -0.409. The van der Waals surface area contributed by atoms with Crippen LogP contribution in [0.3, 0.4) is 0 Å². The molecule has 12 heavy (non-hydrogen) atoms. The number of hydrogen-bond acceptors (Lipinski definition) is 2. The third-order valence-electron chi connectivity index (χ3n) is 1.38. The second kappa shape index (κ2) is 3.97. The summed E-state index contributed by atoms with van der Waals surface area (Å²) in [7, 11) is 1.33. The van der Waals surface area contributed by atoms with E-state index in [9.17, 15) is 4.79 Å². The fourth-order valence-corrected chi connectivity index (χ4v) is 1.42. The molecule has 1 aromatic rings. The SMILES string of the molecule is COC(=O)c1cccc([As])c1Cl. The van der Waals surface area contributed by atoms with Crippen molar-refractivity contribution in [2.24, 2.45) is 0 Å². The quantitative estimate of drug-likeness (QED) is 0.542. The first-order valence-corrected chi connectivity index (χ1v) is 4.54. The predicted octanol–water partition coefficient (Wildman–Crippen LogP) is 0.920. The van der Waals surface area contributed by atoms with Gasteiger partial charge in [0.1, 0.15) is 0 Å². The molecule has 0 amide bonds. The van der Waals surface area contributed by atoms with E-state index in [2.05, 4.69) is 21.6 Å². The first kappa shape index (κ1) is 9.63. The number of benzene rings is 1. The third kappa shape index (κ3) is 1.82. The Hall–Kier alpha value is -0.462. The molecular formula is C8H6AsClO2. The average molecular weight is 245 g/mol. The minimum atomic E-state index is -0.409. The topological polar surface area (TPSA) is 26.3 Å². The minimum absolute atomic E-state index is 0.400. The summed E-state index contributed by atoms with van der Waals surface area (Å²) in [5, 5.41) is 0.435. The van der Waals surface area contributed by atoms with Gasteiger partial charge in [-0.05, 0) is 0 Å². The maximum absolute atomic E-state index is 11.1. The number of esters is 1. The number of carbonyl (C=O) groups excluding carboxylic acids is 1. The zero-order chi connectivity index (χ0) is 9.14. The fraction of sp³-hybridized carbons (Fsp3) is 0.125. The van der Waals surface area contributed by atoms with Crippen LogP contribution in [-0.2, 0) is 4.74 Å². The zero-order valence-corrected chi connectivity index (χ0v) is 9.01. The molecule has 0 saturated carbocycles. The Bertz CT molecular complexity index is 312. The van der Waals surface area contributed by atoms with Crippen molar-refractivity contribution in [3.63, 3.8) is 0 Å². The summed E-state index contributed by atoms with van der Waals surface area (Å²) in [4.78, 5) is 11.1. The van der Waals surface area contributed by atoms with Crippen LogP contribution < -0.4 is 4.35 Å².